The molecule has 2 rings (SSSR count). The third-order valence-electron chi connectivity index (χ3n) is 3.07. The predicted octanol–water partition coefficient (Wildman–Crippen LogP) is 2.61. The van der Waals surface area contributed by atoms with Crippen LogP contribution in [0.15, 0.2) is 48.7 Å². The van der Waals surface area contributed by atoms with E-state index in [-0.39, 0.29) is 17.7 Å². The van der Waals surface area contributed by atoms with Crippen LogP contribution in [0.25, 0.3) is 0 Å². The lowest BCUT2D eigenvalue weighted by Gasteiger charge is -2.09. The number of nitrogens with zero attached hydrogens (tertiary/aromatic N) is 1. The van der Waals surface area contributed by atoms with E-state index in [1.54, 1.807) is 30.5 Å². The molecule has 0 unspecified atom stereocenters. The fourth-order valence-corrected chi connectivity index (χ4v) is 1.80. The maximum Gasteiger partial charge on any atom is 0.251 e. The molecule has 2 N–H and O–H groups in total. The van der Waals surface area contributed by atoms with E-state index in [9.17, 15) is 9.59 Å². The Labute approximate surface area is 129 Å². The third-order valence-corrected chi connectivity index (χ3v) is 3.07. The molecule has 22 heavy (non-hydrogen) atoms. The third kappa shape index (κ3) is 4.41. The minimum absolute atomic E-state index is 0.0777. The van der Waals surface area contributed by atoms with Crippen molar-refractivity contribution < 1.29 is 9.59 Å². The molecule has 1 aromatic carbocycles. The van der Waals surface area contributed by atoms with Gasteiger partial charge in [0.1, 0.15) is 0 Å². The second-order valence-corrected chi connectivity index (χ2v) is 5.23. The first-order valence-electron chi connectivity index (χ1n) is 7.15. The first-order valence-corrected chi connectivity index (χ1v) is 7.15. The van der Waals surface area contributed by atoms with Crippen molar-refractivity contribution in [1.82, 2.24) is 10.3 Å². The zero-order chi connectivity index (χ0) is 15.9. The molecule has 0 atom stereocenters. The van der Waals surface area contributed by atoms with Crippen LogP contribution >= 0.6 is 0 Å². The molecule has 114 valence electrons. The Balaban J connectivity index is 1.99. The van der Waals surface area contributed by atoms with Crippen LogP contribution in [0.5, 0.6) is 0 Å². The van der Waals surface area contributed by atoms with Crippen LogP contribution in [0.2, 0.25) is 0 Å². The fourth-order valence-electron chi connectivity index (χ4n) is 1.80. The molecule has 0 aliphatic carbocycles. The summed E-state index contributed by atoms with van der Waals surface area (Å²) in [6.07, 6.45) is 1.68. The fraction of sp³-hybridized carbons (Fsp3) is 0.235. The van der Waals surface area contributed by atoms with E-state index in [2.05, 4.69) is 15.6 Å². The molecule has 0 aliphatic rings. The minimum atomic E-state index is -0.203. The Kier molecular flexibility index (Phi) is 5.25. The number of carbonyl (C=O) groups is 2. The average Bonchev–Trinajstić information content (AvgIpc) is 2.53. The Bertz CT molecular complexity index is 654. The normalized spacial score (nSPS) is 10.3. The van der Waals surface area contributed by atoms with Crippen molar-refractivity contribution in [2.24, 2.45) is 5.92 Å². The zero-order valence-corrected chi connectivity index (χ0v) is 12.7. The Hall–Kier alpha value is -2.69. The van der Waals surface area contributed by atoms with E-state index >= 15 is 0 Å². The van der Waals surface area contributed by atoms with Gasteiger partial charge in [0.25, 0.3) is 5.91 Å². The molecule has 2 aromatic rings. The Morgan fingerprint density at radius 1 is 1.14 bits per heavy atom. The summed E-state index contributed by atoms with van der Waals surface area (Å²) in [5, 5.41) is 5.58. The first kappa shape index (κ1) is 15.7. The van der Waals surface area contributed by atoms with Crippen molar-refractivity contribution in [1.29, 1.82) is 0 Å². The number of pyridine rings is 1. The predicted molar refractivity (Wildman–Crippen MR) is 85.3 cm³/mol. The summed E-state index contributed by atoms with van der Waals surface area (Å²) in [5.41, 5.74) is 1.90. The van der Waals surface area contributed by atoms with E-state index in [0.29, 0.717) is 17.8 Å². The van der Waals surface area contributed by atoms with Gasteiger partial charge in [-0.1, -0.05) is 26.0 Å². The molecular formula is C17H19N3O2. The molecule has 0 radical (unpaired) electrons. The Morgan fingerprint density at radius 3 is 2.64 bits per heavy atom. The maximum atomic E-state index is 12.1. The highest BCUT2D eigenvalue weighted by Crippen LogP contribution is 2.12. The van der Waals surface area contributed by atoms with Gasteiger partial charge in [0.05, 0.1) is 12.2 Å². The molecule has 0 fully saturated rings. The second kappa shape index (κ2) is 7.36. The van der Waals surface area contributed by atoms with Gasteiger partial charge < -0.3 is 10.6 Å². The minimum Gasteiger partial charge on any atom is -0.346 e. The number of hydrogen-bond acceptors (Lipinski definition) is 3. The van der Waals surface area contributed by atoms with Crippen molar-refractivity contribution in [2.75, 3.05) is 5.32 Å². The summed E-state index contributed by atoms with van der Waals surface area (Å²) in [7, 11) is 0. The highest BCUT2D eigenvalue weighted by molar-refractivity contribution is 5.97. The van der Waals surface area contributed by atoms with Crippen molar-refractivity contribution in [2.45, 2.75) is 20.4 Å². The molecule has 0 aliphatic heterocycles. The summed E-state index contributed by atoms with van der Waals surface area (Å²) in [4.78, 5) is 28.0. The molecule has 2 amide bonds. The van der Waals surface area contributed by atoms with Gasteiger partial charge in [-0.25, -0.2) is 0 Å². The van der Waals surface area contributed by atoms with Gasteiger partial charge in [-0.3, -0.25) is 14.6 Å². The van der Waals surface area contributed by atoms with Crippen molar-refractivity contribution in [3.05, 3.63) is 59.9 Å². The van der Waals surface area contributed by atoms with Crippen LogP contribution in [0, 0.1) is 5.92 Å². The van der Waals surface area contributed by atoms with Gasteiger partial charge in [-0.2, -0.15) is 0 Å². The highest BCUT2D eigenvalue weighted by Gasteiger charge is 2.10. The van der Waals surface area contributed by atoms with Gasteiger partial charge in [0.15, 0.2) is 0 Å². The van der Waals surface area contributed by atoms with Crippen molar-refractivity contribution in [3.8, 4) is 0 Å². The van der Waals surface area contributed by atoms with Crippen LogP contribution < -0.4 is 10.6 Å². The summed E-state index contributed by atoms with van der Waals surface area (Å²) >= 11 is 0. The molecule has 0 saturated heterocycles. The lowest BCUT2D eigenvalue weighted by molar-refractivity contribution is -0.118. The second-order valence-electron chi connectivity index (χ2n) is 5.23. The molecule has 0 bridgehead atoms. The summed E-state index contributed by atoms with van der Waals surface area (Å²) in [6, 6.07) is 12.4. The standard InChI is InChI=1S/C17H19N3O2/c1-12(2)16(21)20-14-8-5-6-13(10-14)17(22)19-11-15-7-3-4-9-18-15/h3-10,12H,11H2,1-2H3,(H,19,22)(H,20,21). The largest absolute Gasteiger partial charge is 0.346 e. The van der Waals surface area contributed by atoms with Gasteiger partial charge in [0, 0.05) is 23.4 Å². The highest BCUT2D eigenvalue weighted by atomic mass is 16.2. The number of amides is 2. The number of carbonyl (C=O) groups excluding carboxylic acids is 2. The lowest BCUT2D eigenvalue weighted by atomic mass is 10.1. The van der Waals surface area contributed by atoms with Crippen LogP contribution in [0.4, 0.5) is 5.69 Å². The topological polar surface area (TPSA) is 71.1 Å². The average molecular weight is 297 g/mol. The van der Waals surface area contributed by atoms with Gasteiger partial charge in [-0.15, -0.1) is 0 Å². The van der Waals surface area contributed by atoms with Gasteiger partial charge >= 0.3 is 0 Å². The molecule has 0 saturated carbocycles. The molecule has 5 nitrogen and oxygen atoms in total. The first-order chi connectivity index (χ1) is 10.6. The number of hydrogen-bond donors (Lipinski definition) is 2. The number of anilines is 1. The van der Waals surface area contributed by atoms with Crippen LogP contribution in [0.3, 0.4) is 0 Å². The zero-order valence-electron chi connectivity index (χ0n) is 12.7. The number of nitrogens with one attached hydrogen (secondary N) is 2. The van der Waals surface area contributed by atoms with Crippen LogP contribution in [-0.2, 0) is 11.3 Å². The summed E-state index contributed by atoms with van der Waals surface area (Å²) in [6.45, 7) is 4.00. The van der Waals surface area contributed by atoms with E-state index < -0.39 is 0 Å². The lowest BCUT2D eigenvalue weighted by Crippen LogP contribution is -2.23. The molecule has 5 heteroatoms. The van der Waals surface area contributed by atoms with Crippen LogP contribution in [-0.4, -0.2) is 16.8 Å². The number of aromatic nitrogens is 1. The monoisotopic (exact) mass is 297 g/mol. The van der Waals surface area contributed by atoms with E-state index in [4.69, 9.17) is 0 Å². The number of rotatable bonds is 5. The molecule has 1 aromatic heterocycles. The van der Waals surface area contributed by atoms with E-state index in [0.717, 1.165) is 5.69 Å². The van der Waals surface area contributed by atoms with Gasteiger partial charge in [0.2, 0.25) is 5.91 Å². The van der Waals surface area contributed by atoms with E-state index in [1.807, 2.05) is 32.0 Å². The number of benzene rings is 1. The summed E-state index contributed by atoms with van der Waals surface area (Å²) < 4.78 is 0. The molecular weight excluding hydrogens is 278 g/mol. The van der Waals surface area contributed by atoms with Gasteiger partial charge in [-0.05, 0) is 30.3 Å². The molecule has 0 spiro atoms. The smallest absolute Gasteiger partial charge is 0.251 e. The van der Waals surface area contributed by atoms with Crippen molar-refractivity contribution >= 4 is 17.5 Å². The summed E-state index contributed by atoms with van der Waals surface area (Å²) in [5.74, 6) is -0.390. The van der Waals surface area contributed by atoms with Crippen LogP contribution in [0.1, 0.15) is 29.9 Å². The quantitative estimate of drug-likeness (QED) is 0.891. The molecule has 1 heterocycles. The SMILES string of the molecule is CC(C)C(=O)Nc1cccc(C(=O)NCc2ccccn2)c1. The Morgan fingerprint density at radius 2 is 1.95 bits per heavy atom. The van der Waals surface area contributed by atoms with Crippen molar-refractivity contribution in [3.63, 3.8) is 0 Å². The maximum absolute atomic E-state index is 12.1. The van der Waals surface area contributed by atoms with E-state index in [1.165, 1.54) is 0 Å².